The first-order valence-corrected chi connectivity index (χ1v) is 11.3. The molecule has 1 aliphatic heterocycles. The van der Waals surface area contributed by atoms with Crippen molar-refractivity contribution in [3.05, 3.63) is 77.2 Å². The predicted octanol–water partition coefficient (Wildman–Crippen LogP) is 4.29. The summed E-state index contributed by atoms with van der Waals surface area (Å²) in [7, 11) is -3.79. The Kier molecular flexibility index (Phi) is 5.72. The summed E-state index contributed by atoms with van der Waals surface area (Å²) in [5, 5.41) is 3.12. The molecule has 1 unspecified atom stereocenters. The second kappa shape index (κ2) is 8.32. The third-order valence-electron chi connectivity index (χ3n) is 5.32. The zero-order chi connectivity index (χ0) is 22.2. The monoisotopic (exact) mass is 444 g/mol. The minimum absolute atomic E-state index is 0.0433. The maximum Gasteiger partial charge on any atom is 0.243 e. The molecule has 1 aliphatic rings. The maximum absolute atomic E-state index is 13.9. The van der Waals surface area contributed by atoms with Crippen LogP contribution in [0.1, 0.15) is 29.3 Å². The molecule has 4 rings (SSSR count). The molecular weight excluding hydrogens is 422 g/mol. The molecule has 1 N–H and O–H groups in total. The molecule has 3 heterocycles. The van der Waals surface area contributed by atoms with Crippen LogP contribution in [0.25, 0.3) is 0 Å². The van der Waals surface area contributed by atoms with Crippen molar-refractivity contribution in [3.8, 4) is 0 Å². The lowest BCUT2D eigenvalue weighted by molar-refractivity contribution is 0.471. The summed E-state index contributed by atoms with van der Waals surface area (Å²) < 4.78 is 54.3. The Morgan fingerprint density at radius 1 is 1.10 bits per heavy atom. The molecule has 31 heavy (non-hydrogen) atoms. The SMILES string of the molecule is Cc1cc(Nc2ccc(F)cn2)cc(C2CCN(S(=O)(=O)c3ccc(C)c(F)c3)C2)n1. The molecule has 0 bridgehead atoms. The lowest BCUT2D eigenvalue weighted by atomic mass is 10.0. The van der Waals surface area contributed by atoms with Crippen LogP contribution >= 0.6 is 0 Å². The van der Waals surface area contributed by atoms with Gasteiger partial charge in [-0.05, 0) is 62.2 Å². The topological polar surface area (TPSA) is 75.2 Å². The number of pyridine rings is 2. The molecule has 3 aromatic rings. The molecular formula is C22H22F2N4O2S. The van der Waals surface area contributed by atoms with Gasteiger partial charge in [0.1, 0.15) is 17.5 Å². The van der Waals surface area contributed by atoms with Crippen LogP contribution in [0.4, 0.5) is 20.3 Å². The van der Waals surface area contributed by atoms with Crippen LogP contribution in [0.15, 0.2) is 53.6 Å². The van der Waals surface area contributed by atoms with Gasteiger partial charge in [-0.1, -0.05) is 6.07 Å². The van der Waals surface area contributed by atoms with Gasteiger partial charge in [-0.3, -0.25) is 4.98 Å². The van der Waals surface area contributed by atoms with Crippen molar-refractivity contribution in [2.75, 3.05) is 18.4 Å². The number of aromatic nitrogens is 2. The van der Waals surface area contributed by atoms with Crippen LogP contribution < -0.4 is 5.32 Å². The van der Waals surface area contributed by atoms with E-state index < -0.39 is 21.7 Å². The zero-order valence-corrected chi connectivity index (χ0v) is 18.0. The van der Waals surface area contributed by atoms with E-state index in [9.17, 15) is 17.2 Å². The van der Waals surface area contributed by atoms with E-state index >= 15 is 0 Å². The first-order valence-electron chi connectivity index (χ1n) is 9.86. The van der Waals surface area contributed by atoms with Gasteiger partial charge < -0.3 is 5.32 Å². The summed E-state index contributed by atoms with van der Waals surface area (Å²) in [6.45, 7) is 4.04. The second-order valence-corrected chi connectivity index (χ2v) is 9.61. The number of anilines is 2. The van der Waals surface area contributed by atoms with E-state index in [-0.39, 0.29) is 17.4 Å². The molecule has 9 heteroatoms. The molecule has 0 amide bonds. The molecule has 162 valence electrons. The first kappa shape index (κ1) is 21.3. The summed E-state index contributed by atoms with van der Waals surface area (Å²) in [6, 6.07) is 10.5. The molecule has 0 aliphatic carbocycles. The highest BCUT2D eigenvalue weighted by Gasteiger charge is 2.34. The van der Waals surface area contributed by atoms with Crippen LogP contribution in [0, 0.1) is 25.5 Å². The van der Waals surface area contributed by atoms with Crippen molar-refractivity contribution in [1.82, 2.24) is 14.3 Å². The van der Waals surface area contributed by atoms with Gasteiger partial charge in [0.25, 0.3) is 0 Å². The summed E-state index contributed by atoms with van der Waals surface area (Å²) in [4.78, 5) is 8.54. The fourth-order valence-corrected chi connectivity index (χ4v) is 5.16. The number of halogens is 2. The summed E-state index contributed by atoms with van der Waals surface area (Å²) in [5.41, 5.74) is 2.67. The molecule has 0 radical (unpaired) electrons. The Bertz CT molecular complexity index is 1220. The van der Waals surface area contributed by atoms with E-state index in [2.05, 4.69) is 15.3 Å². The Morgan fingerprint density at radius 3 is 2.61 bits per heavy atom. The standard InChI is InChI=1S/C22H22F2N4O2S/c1-14-3-5-19(11-20(14)24)31(29,30)28-8-7-16(13-28)21-10-18(9-15(2)26-21)27-22-6-4-17(23)12-25-22/h3-6,9-12,16H,7-8,13H2,1-2H3,(H,25,26,27). The molecule has 1 aromatic carbocycles. The first-order chi connectivity index (χ1) is 14.7. The number of sulfonamides is 1. The van der Waals surface area contributed by atoms with E-state index in [4.69, 9.17) is 0 Å². The molecule has 1 saturated heterocycles. The molecule has 2 aromatic heterocycles. The van der Waals surface area contributed by atoms with Crippen molar-refractivity contribution < 1.29 is 17.2 Å². The molecule has 1 fully saturated rings. The fraction of sp³-hybridized carbons (Fsp3) is 0.273. The lowest BCUT2D eigenvalue weighted by Crippen LogP contribution is -2.28. The van der Waals surface area contributed by atoms with Crippen LogP contribution in [0.5, 0.6) is 0 Å². The number of benzene rings is 1. The van der Waals surface area contributed by atoms with E-state index in [1.165, 1.54) is 28.6 Å². The highest BCUT2D eigenvalue weighted by atomic mass is 32.2. The van der Waals surface area contributed by atoms with Gasteiger partial charge in [0.05, 0.1) is 11.1 Å². The smallest absolute Gasteiger partial charge is 0.243 e. The van der Waals surface area contributed by atoms with E-state index in [1.54, 1.807) is 6.92 Å². The van der Waals surface area contributed by atoms with E-state index in [1.807, 2.05) is 19.1 Å². The lowest BCUT2D eigenvalue weighted by Gasteiger charge is -2.17. The van der Waals surface area contributed by atoms with Crippen LogP contribution in [-0.4, -0.2) is 35.8 Å². The Hall–Kier alpha value is -2.91. The minimum Gasteiger partial charge on any atom is -0.340 e. The van der Waals surface area contributed by atoms with E-state index in [0.717, 1.165) is 29.3 Å². The van der Waals surface area contributed by atoms with Crippen molar-refractivity contribution in [3.63, 3.8) is 0 Å². The Balaban J connectivity index is 1.54. The molecule has 0 spiro atoms. The zero-order valence-electron chi connectivity index (χ0n) is 17.1. The van der Waals surface area contributed by atoms with Gasteiger partial charge in [-0.25, -0.2) is 22.2 Å². The third kappa shape index (κ3) is 4.57. The van der Waals surface area contributed by atoms with Gasteiger partial charge >= 0.3 is 0 Å². The average molecular weight is 445 g/mol. The average Bonchev–Trinajstić information content (AvgIpc) is 3.22. The number of aryl methyl sites for hydroxylation is 2. The number of hydrogen-bond donors (Lipinski definition) is 1. The molecule has 1 atom stereocenters. The Morgan fingerprint density at radius 2 is 1.90 bits per heavy atom. The van der Waals surface area contributed by atoms with Gasteiger partial charge in [0.2, 0.25) is 10.0 Å². The summed E-state index contributed by atoms with van der Waals surface area (Å²) >= 11 is 0. The van der Waals surface area contributed by atoms with E-state index in [0.29, 0.717) is 24.3 Å². The highest BCUT2D eigenvalue weighted by molar-refractivity contribution is 7.89. The van der Waals surface area contributed by atoms with Gasteiger partial charge in [0.15, 0.2) is 0 Å². The molecule has 6 nitrogen and oxygen atoms in total. The normalized spacial score (nSPS) is 17.1. The van der Waals surface area contributed by atoms with Gasteiger partial charge in [-0.2, -0.15) is 4.31 Å². The number of hydrogen-bond acceptors (Lipinski definition) is 5. The summed E-state index contributed by atoms with van der Waals surface area (Å²) in [5.74, 6) is -0.554. The van der Waals surface area contributed by atoms with Gasteiger partial charge in [0, 0.05) is 36.1 Å². The predicted molar refractivity (Wildman–Crippen MR) is 114 cm³/mol. The number of rotatable bonds is 5. The quantitative estimate of drug-likeness (QED) is 0.635. The van der Waals surface area contributed by atoms with Crippen molar-refractivity contribution in [2.45, 2.75) is 31.1 Å². The number of nitrogens with zero attached hydrogens (tertiary/aromatic N) is 3. The van der Waals surface area contributed by atoms with Crippen molar-refractivity contribution >= 4 is 21.5 Å². The minimum atomic E-state index is -3.79. The van der Waals surface area contributed by atoms with Crippen molar-refractivity contribution in [1.29, 1.82) is 0 Å². The second-order valence-electron chi connectivity index (χ2n) is 7.67. The summed E-state index contributed by atoms with van der Waals surface area (Å²) in [6.07, 6.45) is 1.74. The largest absolute Gasteiger partial charge is 0.340 e. The number of nitrogens with one attached hydrogen (secondary N) is 1. The van der Waals surface area contributed by atoms with Crippen LogP contribution in [0.3, 0.4) is 0 Å². The Labute approximate surface area is 180 Å². The molecule has 0 saturated carbocycles. The maximum atomic E-state index is 13.9. The van der Waals surface area contributed by atoms with Crippen molar-refractivity contribution in [2.24, 2.45) is 0 Å². The highest BCUT2D eigenvalue weighted by Crippen LogP contribution is 2.32. The van der Waals surface area contributed by atoms with Crippen LogP contribution in [-0.2, 0) is 10.0 Å². The fourth-order valence-electron chi connectivity index (χ4n) is 3.64. The third-order valence-corrected chi connectivity index (χ3v) is 7.18. The van der Waals surface area contributed by atoms with Crippen LogP contribution in [0.2, 0.25) is 0 Å². The van der Waals surface area contributed by atoms with Gasteiger partial charge in [-0.15, -0.1) is 0 Å².